The number of thiophene rings is 1. The second-order valence-corrected chi connectivity index (χ2v) is 14.8. The molecule has 0 saturated carbocycles. The van der Waals surface area contributed by atoms with Gasteiger partial charge in [-0.25, -0.2) is 9.59 Å². The first-order valence-electron chi connectivity index (χ1n) is 15.6. The molecule has 13 heteroatoms. The summed E-state index contributed by atoms with van der Waals surface area (Å²) in [5, 5.41) is 7.23. The number of anilines is 2. The minimum absolute atomic E-state index is 0.0340. The average Bonchev–Trinajstić information content (AvgIpc) is 3.52. The van der Waals surface area contributed by atoms with Gasteiger partial charge in [-0.3, -0.25) is 9.69 Å². The smallest absolute Gasteiger partial charge is 0.325 e. The van der Waals surface area contributed by atoms with Crippen LogP contribution in [0.2, 0.25) is 0 Å². The normalized spacial score (nSPS) is 25.8. The van der Waals surface area contributed by atoms with Gasteiger partial charge in [0.2, 0.25) is 5.91 Å². The van der Waals surface area contributed by atoms with Crippen LogP contribution in [0.1, 0.15) is 44.1 Å². The molecule has 238 valence electrons. The Morgan fingerprint density at radius 1 is 1.05 bits per heavy atom. The number of carbonyl (C=O) groups is 3. The van der Waals surface area contributed by atoms with Crippen molar-refractivity contribution >= 4 is 72.5 Å². The van der Waals surface area contributed by atoms with Gasteiger partial charge < -0.3 is 30.7 Å². The summed E-state index contributed by atoms with van der Waals surface area (Å²) in [7, 11) is 0. The number of nitrogens with one attached hydrogen (secondary N) is 1. The predicted molar refractivity (Wildman–Crippen MR) is 182 cm³/mol. The molecule has 4 aliphatic rings. The number of rotatable bonds is 6. The van der Waals surface area contributed by atoms with E-state index in [-0.39, 0.29) is 22.8 Å². The number of halogens is 2. The maximum absolute atomic E-state index is 14.4. The van der Waals surface area contributed by atoms with Crippen molar-refractivity contribution in [2.45, 2.75) is 67.6 Å². The van der Waals surface area contributed by atoms with Crippen LogP contribution < -0.4 is 16.0 Å². The van der Waals surface area contributed by atoms with Crippen molar-refractivity contribution in [2.75, 3.05) is 54.8 Å². The summed E-state index contributed by atoms with van der Waals surface area (Å²) < 4.78 is 0. The van der Waals surface area contributed by atoms with Gasteiger partial charge in [0, 0.05) is 60.6 Å². The van der Waals surface area contributed by atoms with Crippen LogP contribution in [0.4, 0.5) is 21.0 Å². The molecule has 0 radical (unpaired) electrons. The van der Waals surface area contributed by atoms with E-state index in [1.165, 1.54) is 19.3 Å². The molecular formula is C31H41Br2N7O3S. The lowest BCUT2D eigenvalue weighted by molar-refractivity contribution is -0.133. The summed E-state index contributed by atoms with van der Waals surface area (Å²) in [6.07, 6.45) is 6.15. The number of benzene rings is 1. The Kier molecular flexibility index (Phi) is 9.87. The van der Waals surface area contributed by atoms with Crippen molar-refractivity contribution in [2.24, 2.45) is 5.73 Å². The lowest BCUT2D eigenvalue weighted by atomic mass is 9.94. The van der Waals surface area contributed by atoms with Crippen LogP contribution in [-0.2, 0) is 11.3 Å². The van der Waals surface area contributed by atoms with Gasteiger partial charge in [0.05, 0.1) is 17.1 Å². The summed E-state index contributed by atoms with van der Waals surface area (Å²) in [5.41, 5.74) is 8.49. The number of fused-ring (bicyclic) bond motifs is 1. The largest absolute Gasteiger partial charge is 0.341 e. The Hall–Kier alpha value is -2.19. The molecule has 1 aromatic heterocycles. The van der Waals surface area contributed by atoms with E-state index >= 15 is 0 Å². The van der Waals surface area contributed by atoms with Crippen molar-refractivity contribution in [1.29, 1.82) is 0 Å². The van der Waals surface area contributed by atoms with Gasteiger partial charge in [-0.15, -0.1) is 11.3 Å². The second kappa shape index (κ2) is 13.7. The van der Waals surface area contributed by atoms with Gasteiger partial charge >= 0.3 is 12.1 Å². The Labute approximate surface area is 280 Å². The number of likely N-dealkylation sites (tertiary alicyclic amines) is 3. The minimum Gasteiger partial charge on any atom is -0.341 e. The molecule has 4 aliphatic heterocycles. The summed E-state index contributed by atoms with van der Waals surface area (Å²) in [6, 6.07) is 8.79. The van der Waals surface area contributed by atoms with Crippen molar-refractivity contribution in [3.05, 3.63) is 46.7 Å². The number of carbonyl (C=O) groups excluding carboxylic acids is 3. The Morgan fingerprint density at radius 3 is 2.45 bits per heavy atom. The molecule has 0 bridgehead atoms. The zero-order valence-electron chi connectivity index (χ0n) is 24.9. The van der Waals surface area contributed by atoms with Crippen molar-refractivity contribution < 1.29 is 14.4 Å². The first kappa shape index (κ1) is 31.8. The van der Waals surface area contributed by atoms with E-state index in [0.717, 1.165) is 37.2 Å². The number of nitrogens with two attached hydrogens (primary N) is 1. The van der Waals surface area contributed by atoms with E-state index in [4.69, 9.17) is 5.73 Å². The summed E-state index contributed by atoms with van der Waals surface area (Å²) in [5.74, 6) is -0.0340. The minimum atomic E-state index is -0.985. The number of alkyl halides is 2. The molecule has 44 heavy (non-hydrogen) atoms. The SMILES string of the molecule is NC1(N2Cc3cscc3NC2=O)CCN(C(=O)N(c2ccccc2)[C@@H](CBr)C(=O)N2CCC(N3CCCCC3)CC2)CC1Br. The number of piperidine rings is 3. The molecular weight excluding hydrogens is 710 g/mol. The van der Waals surface area contributed by atoms with Crippen LogP contribution in [-0.4, -0.2) is 105 Å². The number of hydrogen-bond acceptors (Lipinski definition) is 6. The molecule has 3 atom stereocenters. The zero-order chi connectivity index (χ0) is 30.8. The average molecular weight is 752 g/mol. The van der Waals surface area contributed by atoms with Crippen LogP contribution >= 0.6 is 43.2 Å². The van der Waals surface area contributed by atoms with Gasteiger partial charge in [0.25, 0.3) is 0 Å². The molecule has 5 amide bonds. The molecule has 2 aromatic rings. The third kappa shape index (κ3) is 6.27. The highest BCUT2D eigenvalue weighted by molar-refractivity contribution is 9.09. The lowest BCUT2D eigenvalue weighted by Crippen LogP contribution is -2.71. The number of amides is 5. The van der Waals surface area contributed by atoms with Crippen molar-refractivity contribution in [3.8, 4) is 0 Å². The quantitative estimate of drug-likeness (QED) is 0.401. The highest BCUT2D eigenvalue weighted by Gasteiger charge is 2.49. The molecule has 0 spiro atoms. The molecule has 0 aliphatic carbocycles. The van der Waals surface area contributed by atoms with Crippen LogP contribution in [0.3, 0.4) is 0 Å². The van der Waals surface area contributed by atoms with Crippen LogP contribution in [0.5, 0.6) is 0 Å². The fourth-order valence-corrected chi connectivity index (χ4v) is 9.24. The van der Waals surface area contributed by atoms with E-state index in [1.54, 1.807) is 26.0 Å². The van der Waals surface area contributed by atoms with Gasteiger partial charge in [-0.2, -0.15) is 0 Å². The highest BCUT2D eigenvalue weighted by Crippen LogP contribution is 2.37. The monoisotopic (exact) mass is 749 g/mol. The van der Waals surface area contributed by atoms with E-state index in [1.807, 2.05) is 46.0 Å². The molecule has 1 aromatic carbocycles. The maximum Gasteiger partial charge on any atom is 0.325 e. The van der Waals surface area contributed by atoms with Crippen LogP contribution in [0.25, 0.3) is 0 Å². The zero-order valence-corrected chi connectivity index (χ0v) is 28.9. The Bertz CT molecular complexity index is 1330. The number of nitrogens with zero attached hydrogens (tertiary/aromatic N) is 5. The molecule has 3 saturated heterocycles. The highest BCUT2D eigenvalue weighted by atomic mass is 79.9. The Balaban J connectivity index is 1.16. The predicted octanol–water partition coefficient (Wildman–Crippen LogP) is 5.09. The molecule has 10 nitrogen and oxygen atoms in total. The molecule has 3 fully saturated rings. The summed E-state index contributed by atoms with van der Waals surface area (Å²) in [4.78, 5) is 50.8. The van der Waals surface area contributed by atoms with Gasteiger partial charge in [-0.05, 0) is 56.3 Å². The third-order valence-corrected chi connectivity index (χ3v) is 12.2. The number of hydrogen-bond donors (Lipinski definition) is 2. The van der Waals surface area contributed by atoms with E-state index in [2.05, 4.69) is 42.1 Å². The standard InChI is InChI=1S/C31H41Br2N7O3S/c32-17-26(28(41)37-14-9-23(10-15-37)36-12-5-2-6-13-36)40(24-7-3-1-4-8-24)30(43)38-16-11-31(34,27(33)19-38)39-18-22-20-44-21-25(22)35-29(39)42/h1,3-4,7-8,20-21,23,26-27H,2,5-6,9-19,34H2,(H,35,42)/t26-,27?,31?/m0/s1. The van der Waals surface area contributed by atoms with Crippen molar-refractivity contribution in [3.63, 3.8) is 0 Å². The lowest BCUT2D eigenvalue weighted by Gasteiger charge is -2.51. The molecule has 2 unspecified atom stereocenters. The third-order valence-electron chi connectivity index (χ3n) is 9.70. The second-order valence-electron chi connectivity index (χ2n) is 12.3. The first-order valence-corrected chi connectivity index (χ1v) is 18.6. The van der Waals surface area contributed by atoms with Crippen LogP contribution in [0, 0.1) is 0 Å². The molecule has 6 rings (SSSR count). The van der Waals surface area contributed by atoms with E-state index in [9.17, 15) is 14.4 Å². The van der Waals surface area contributed by atoms with E-state index < -0.39 is 11.7 Å². The first-order chi connectivity index (χ1) is 21.3. The topological polar surface area (TPSA) is 105 Å². The number of para-hydroxylation sites is 1. The number of urea groups is 2. The molecule has 5 heterocycles. The van der Waals surface area contributed by atoms with Crippen LogP contribution in [0.15, 0.2) is 41.1 Å². The van der Waals surface area contributed by atoms with Gasteiger partial charge in [-0.1, -0.05) is 56.5 Å². The fraction of sp³-hybridized carbons (Fsp3) is 0.581. The summed E-state index contributed by atoms with van der Waals surface area (Å²) >= 11 is 8.90. The maximum atomic E-state index is 14.4. The van der Waals surface area contributed by atoms with Crippen molar-refractivity contribution in [1.82, 2.24) is 19.6 Å². The summed E-state index contributed by atoms with van der Waals surface area (Å²) in [6.45, 7) is 4.78. The van der Waals surface area contributed by atoms with E-state index in [0.29, 0.717) is 56.2 Å². The van der Waals surface area contributed by atoms with Gasteiger partial charge in [0.15, 0.2) is 0 Å². The molecule has 3 N–H and O–H groups in total. The Morgan fingerprint density at radius 2 is 1.77 bits per heavy atom. The fourth-order valence-electron chi connectivity index (χ4n) is 7.06. The van der Waals surface area contributed by atoms with Gasteiger partial charge in [0.1, 0.15) is 11.7 Å².